The van der Waals surface area contributed by atoms with Gasteiger partial charge >= 0.3 is 0 Å². The topological polar surface area (TPSA) is 74.2 Å². The summed E-state index contributed by atoms with van der Waals surface area (Å²) in [6.07, 6.45) is 2.31. The van der Waals surface area contributed by atoms with Crippen LogP contribution in [0.1, 0.15) is 36.0 Å². The average Bonchev–Trinajstić information content (AvgIpc) is 3.16. The highest BCUT2D eigenvalue weighted by molar-refractivity contribution is 5.28. The summed E-state index contributed by atoms with van der Waals surface area (Å²) in [5.74, 6) is 2.59. The molecule has 0 radical (unpaired) electrons. The van der Waals surface area contributed by atoms with Gasteiger partial charge in [-0.3, -0.25) is 0 Å². The summed E-state index contributed by atoms with van der Waals surface area (Å²) in [6, 6.07) is 7.69. The van der Waals surface area contributed by atoms with E-state index in [0.717, 1.165) is 30.0 Å². The Hall–Kier alpha value is -1.88. The molecule has 5 heteroatoms. The fraction of sp³-hybridized carbons (Fsp3) is 0.385. The Labute approximate surface area is 105 Å². The molecule has 1 heterocycles. The van der Waals surface area contributed by atoms with Crippen molar-refractivity contribution in [3.05, 3.63) is 41.5 Å². The molecule has 1 aliphatic carbocycles. The van der Waals surface area contributed by atoms with E-state index in [2.05, 4.69) is 10.1 Å². The molecule has 0 spiro atoms. The number of nitrogens with zero attached hydrogens (tertiary/aromatic N) is 2. The maximum atomic E-state index is 5.61. The molecule has 1 aliphatic rings. The first-order chi connectivity index (χ1) is 8.85. The zero-order valence-electron chi connectivity index (χ0n) is 10.0. The minimum absolute atomic E-state index is 0.324. The Morgan fingerprint density at radius 2 is 2.28 bits per heavy atom. The number of hydrogen-bond acceptors (Lipinski definition) is 5. The summed E-state index contributed by atoms with van der Waals surface area (Å²) in [5.41, 5.74) is 6.62. The number of hydrogen-bond donors (Lipinski definition) is 1. The Kier molecular flexibility index (Phi) is 2.98. The number of aromatic nitrogens is 2. The van der Waals surface area contributed by atoms with Crippen molar-refractivity contribution in [2.75, 3.05) is 0 Å². The van der Waals surface area contributed by atoms with E-state index in [1.54, 1.807) is 0 Å². The molecule has 3 rings (SSSR count). The number of rotatable bonds is 5. The van der Waals surface area contributed by atoms with E-state index in [-0.39, 0.29) is 0 Å². The van der Waals surface area contributed by atoms with Gasteiger partial charge in [0, 0.05) is 12.5 Å². The van der Waals surface area contributed by atoms with Crippen molar-refractivity contribution in [2.24, 2.45) is 5.73 Å². The van der Waals surface area contributed by atoms with Crippen molar-refractivity contribution in [2.45, 2.75) is 31.9 Å². The van der Waals surface area contributed by atoms with Crippen molar-refractivity contribution in [1.29, 1.82) is 0 Å². The molecule has 2 N–H and O–H groups in total. The maximum Gasteiger partial charge on any atom is 0.229 e. The minimum Gasteiger partial charge on any atom is -0.485 e. The largest absolute Gasteiger partial charge is 0.485 e. The number of ether oxygens (including phenoxy) is 1. The van der Waals surface area contributed by atoms with Gasteiger partial charge in [0.2, 0.25) is 11.7 Å². The Bertz CT molecular complexity index is 535. The third-order valence-electron chi connectivity index (χ3n) is 2.91. The van der Waals surface area contributed by atoms with Crippen LogP contribution in [0.25, 0.3) is 0 Å². The normalized spacial score (nSPS) is 14.7. The van der Waals surface area contributed by atoms with Crippen LogP contribution in [0.2, 0.25) is 0 Å². The van der Waals surface area contributed by atoms with Crippen LogP contribution >= 0.6 is 0 Å². The lowest BCUT2D eigenvalue weighted by Crippen LogP contribution is -2.00. The fourth-order valence-corrected chi connectivity index (χ4v) is 1.73. The van der Waals surface area contributed by atoms with Gasteiger partial charge in [-0.05, 0) is 30.5 Å². The Morgan fingerprint density at radius 3 is 3.06 bits per heavy atom. The summed E-state index contributed by atoms with van der Waals surface area (Å²) >= 11 is 0. The highest BCUT2D eigenvalue weighted by Gasteiger charge is 2.29. The second-order valence-corrected chi connectivity index (χ2v) is 4.46. The molecule has 0 amide bonds. The lowest BCUT2D eigenvalue weighted by molar-refractivity contribution is 0.285. The summed E-state index contributed by atoms with van der Waals surface area (Å²) in [6.45, 7) is 0.829. The molecule has 0 unspecified atom stereocenters. The molecule has 1 fully saturated rings. The molecule has 2 aromatic rings. The zero-order chi connectivity index (χ0) is 12.4. The van der Waals surface area contributed by atoms with E-state index < -0.39 is 0 Å². The van der Waals surface area contributed by atoms with Gasteiger partial charge in [-0.25, -0.2) is 0 Å². The van der Waals surface area contributed by atoms with E-state index in [0.29, 0.717) is 24.9 Å². The smallest absolute Gasteiger partial charge is 0.229 e. The van der Waals surface area contributed by atoms with Crippen molar-refractivity contribution in [3.8, 4) is 5.75 Å². The first kappa shape index (κ1) is 11.2. The van der Waals surface area contributed by atoms with Gasteiger partial charge in [0.05, 0.1) is 0 Å². The van der Waals surface area contributed by atoms with Gasteiger partial charge in [-0.1, -0.05) is 17.3 Å². The highest BCUT2D eigenvalue weighted by atomic mass is 16.5. The van der Waals surface area contributed by atoms with Gasteiger partial charge in [0.25, 0.3) is 0 Å². The molecular formula is C13H15N3O2. The van der Waals surface area contributed by atoms with Crippen LogP contribution in [-0.4, -0.2) is 10.1 Å². The van der Waals surface area contributed by atoms with Crippen LogP contribution in [0, 0.1) is 0 Å². The molecule has 1 saturated carbocycles. The van der Waals surface area contributed by atoms with Crippen LogP contribution in [0.5, 0.6) is 5.75 Å². The quantitative estimate of drug-likeness (QED) is 0.871. The summed E-state index contributed by atoms with van der Waals surface area (Å²) in [4.78, 5) is 4.30. The summed E-state index contributed by atoms with van der Waals surface area (Å²) < 4.78 is 10.8. The van der Waals surface area contributed by atoms with Crippen LogP contribution < -0.4 is 10.5 Å². The first-order valence-electron chi connectivity index (χ1n) is 6.09. The molecule has 0 bridgehead atoms. The van der Waals surface area contributed by atoms with E-state index in [1.807, 2.05) is 24.3 Å². The Morgan fingerprint density at radius 1 is 1.39 bits per heavy atom. The molecular weight excluding hydrogens is 230 g/mol. The SMILES string of the molecule is NCc1cccc(OCc2noc(C3CC3)n2)c1. The van der Waals surface area contributed by atoms with Gasteiger partial charge in [-0.2, -0.15) is 4.98 Å². The fourth-order valence-electron chi connectivity index (χ4n) is 1.73. The van der Waals surface area contributed by atoms with Gasteiger partial charge < -0.3 is 15.0 Å². The molecule has 94 valence electrons. The van der Waals surface area contributed by atoms with E-state index in [1.165, 1.54) is 0 Å². The predicted octanol–water partition coefficient (Wildman–Crippen LogP) is 1.98. The molecule has 1 aromatic carbocycles. The number of benzene rings is 1. The van der Waals surface area contributed by atoms with E-state index >= 15 is 0 Å². The highest BCUT2D eigenvalue weighted by Crippen LogP contribution is 2.38. The van der Waals surface area contributed by atoms with Crippen molar-refractivity contribution >= 4 is 0 Å². The van der Waals surface area contributed by atoms with E-state index in [9.17, 15) is 0 Å². The van der Waals surface area contributed by atoms with Crippen molar-refractivity contribution in [1.82, 2.24) is 10.1 Å². The van der Waals surface area contributed by atoms with Crippen LogP contribution in [-0.2, 0) is 13.2 Å². The first-order valence-corrected chi connectivity index (χ1v) is 6.09. The molecule has 0 atom stereocenters. The molecule has 0 saturated heterocycles. The maximum absolute atomic E-state index is 5.61. The van der Waals surface area contributed by atoms with Gasteiger partial charge in [0.15, 0.2) is 6.61 Å². The lowest BCUT2D eigenvalue weighted by Gasteiger charge is -2.04. The van der Waals surface area contributed by atoms with Gasteiger partial charge in [0.1, 0.15) is 5.75 Å². The molecule has 5 nitrogen and oxygen atoms in total. The molecule has 0 aliphatic heterocycles. The van der Waals surface area contributed by atoms with E-state index in [4.69, 9.17) is 15.0 Å². The monoisotopic (exact) mass is 245 g/mol. The van der Waals surface area contributed by atoms with Gasteiger partial charge in [-0.15, -0.1) is 0 Å². The summed E-state index contributed by atoms with van der Waals surface area (Å²) in [5, 5.41) is 3.90. The second kappa shape index (κ2) is 4.78. The standard InChI is InChI=1S/C13H15N3O2/c14-7-9-2-1-3-11(6-9)17-8-12-15-13(18-16-12)10-4-5-10/h1-3,6,10H,4-5,7-8,14H2. The van der Waals surface area contributed by atoms with Crippen LogP contribution in [0.4, 0.5) is 0 Å². The minimum atomic E-state index is 0.324. The van der Waals surface area contributed by atoms with Crippen LogP contribution in [0.3, 0.4) is 0 Å². The Balaban J connectivity index is 1.61. The lowest BCUT2D eigenvalue weighted by atomic mass is 10.2. The van der Waals surface area contributed by atoms with Crippen molar-refractivity contribution < 1.29 is 9.26 Å². The molecule has 18 heavy (non-hydrogen) atoms. The third kappa shape index (κ3) is 2.51. The van der Waals surface area contributed by atoms with Crippen LogP contribution in [0.15, 0.2) is 28.8 Å². The third-order valence-corrected chi connectivity index (χ3v) is 2.91. The second-order valence-electron chi connectivity index (χ2n) is 4.46. The zero-order valence-corrected chi connectivity index (χ0v) is 10.0. The number of nitrogens with two attached hydrogens (primary N) is 1. The van der Waals surface area contributed by atoms with Crippen molar-refractivity contribution in [3.63, 3.8) is 0 Å². The average molecular weight is 245 g/mol. The summed E-state index contributed by atoms with van der Waals surface area (Å²) in [7, 11) is 0. The predicted molar refractivity (Wildman–Crippen MR) is 64.9 cm³/mol. The molecule has 1 aromatic heterocycles.